The van der Waals surface area contributed by atoms with Gasteiger partial charge in [0.1, 0.15) is 18.3 Å². The molecule has 1 N–H and O–H groups in total. The van der Waals surface area contributed by atoms with Gasteiger partial charge in [0.25, 0.3) is 10.0 Å². The van der Waals surface area contributed by atoms with Crippen LogP contribution in [-0.4, -0.2) is 65.1 Å². The van der Waals surface area contributed by atoms with Gasteiger partial charge in [-0.1, -0.05) is 46.6 Å². The third-order valence-electron chi connectivity index (χ3n) is 7.04. The Balaban J connectivity index is 2.15. The first kappa shape index (κ1) is 35.0. The highest BCUT2D eigenvalue weighted by Crippen LogP contribution is 2.37. The third-order valence-corrected chi connectivity index (χ3v) is 9.53. The molecule has 10 nitrogen and oxygen atoms in total. The van der Waals surface area contributed by atoms with Gasteiger partial charge in [-0.3, -0.25) is 13.9 Å². The second-order valence-electron chi connectivity index (χ2n) is 9.99. The van der Waals surface area contributed by atoms with E-state index in [0.29, 0.717) is 12.2 Å². The number of ether oxygens (including phenoxy) is 3. The molecule has 238 valence electrons. The first-order valence-corrected chi connectivity index (χ1v) is 16.4. The molecule has 0 radical (unpaired) electrons. The molecule has 44 heavy (non-hydrogen) atoms. The number of nitrogens with one attached hydrogen (secondary N) is 1. The van der Waals surface area contributed by atoms with Crippen LogP contribution >= 0.6 is 27.5 Å². The van der Waals surface area contributed by atoms with E-state index in [1.54, 1.807) is 13.0 Å². The molecule has 3 rings (SSSR count). The number of benzene rings is 3. The monoisotopic (exact) mass is 709 g/mol. The van der Waals surface area contributed by atoms with Gasteiger partial charge in [0.05, 0.1) is 31.9 Å². The lowest BCUT2D eigenvalue weighted by atomic mass is 10.1. The van der Waals surface area contributed by atoms with E-state index >= 15 is 0 Å². The molecular formula is C31H37BrClN3O7S. The summed E-state index contributed by atoms with van der Waals surface area (Å²) in [4.78, 5) is 28.7. The minimum absolute atomic E-state index is 0.0438. The van der Waals surface area contributed by atoms with Crippen molar-refractivity contribution >= 4 is 55.1 Å². The van der Waals surface area contributed by atoms with E-state index in [1.165, 1.54) is 56.6 Å². The first-order valence-electron chi connectivity index (χ1n) is 13.8. The lowest BCUT2D eigenvalue weighted by Crippen LogP contribution is -2.52. The van der Waals surface area contributed by atoms with Crippen LogP contribution in [0, 0.1) is 0 Å². The Morgan fingerprint density at radius 3 is 2.20 bits per heavy atom. The first-order chi connectivity index (χ1) is 20.9. The number of rotatable bonds is 14. The van der Waals surface area contributed by atoms with Crippen LogP contribution in [0.5, 0.6) is 17.2 Å². The Morgan fingerprint density at radius 1 is 0.932 bits per heavy atom. The van der Waals surface area contributed by atoms with Crippen LogP contribution in [0.1, 0.15) is 32.8 Å². The van der Waals surface area contributed by atoms with Gasteiger partial charge >= 0.3 is 0 Å². The molecule has 0 aliphatic rings. The molecule has 0 aromatic heterocycles. The number of hydrogen-bond donors (Lipinski definition) is 1. The maximum absolute atomic E-state index is 14.3. The minimum atomic E-state index is -4.43. The molecular weight excluding hydrogens is 674 g/mol. The average molecular weight is 711 g/mol. The molecule has 3 aromatic rings. The summed E-state index contributed by atoms with van der Waals surface area (Å²) in [5.74, 6) is -0.298. The Hall–Kier alpha value is -3.48. The maximum Gasteiger partial charge on any atom is 0.265 e. The van der Waals surface area contributed by atoms with Gasteiger partial charge in [-0.2, -0.15) is 0 Å². The van der Waals surface area contributed by atoms with Crippen molar-refractivity contribution in [1.29, 1.82) is 0 Å². The second-order valence-corrected chi connectivity index (χ2v) is 13.2. The van der Waals surface area contributed by atoms with E-state index in [0.717, 1.165) is 14.3 Å². The SMILES string of the molecule is CC[C@H](C)NC(=O)[C@H](C)N(Cc1cccc(Br)c1)C(=O)CN(c1cc(Cl)ccc1OC)S(=O)(=O)c1ccc(OC)c(OC)c1. The fraction of sp³-hybridized carbons (Fsp3) is 0.355. The number of methoxy groups -OCH3 is 3. The van der Waals surface area contributed by atoms with Crippen LogP contribution in [0.4, 0.5) is 5.69 Å². The molecule has 0 fully saturated rings. The second kappa shape index (κ2) is 15.5. The summed E-state index contributed by atoms with van der Waals surface area (Å²) >= 11 is 9.76. The van der Waals surface area contributed by atoms with Gasteiger partial charge in [0.2, 0.25) is 11.8 Å². The van der Waals surface area contributed by atoms with Crippen molar-refractivity contribution in [2.24, 2.45) is 0 Å². The molecule has 0 unspecified atom stereocenters. The molecule has 2 amide bonds. The molecule has 0 saturated heterocycles. The van der Waals surface area contributed by atoms with Crippen LogP contribution < -0.4 is 23.8 Å². The largest absolute Gasteiger partial charge is 0.495 e. The van der Waals surface area contributed by atoms with Gasteiger partial charge in [0.15, 0.2) is 11.5 Å². The van der Waals surface area contributed by atoms with Crippen molar-refractivity contribution in [3.8, 4) is 17.2 Å². The summed E-state index contributed by atoms with van der Waals surface area (Å²) in [6.45, 7) is 4.80. The lowest BCUT2D eigenvalue weighted by Gasteiger charge is -2.33. The highest BCUT2D eigenvalue weighted by atomic mass is 79.9. The minimum Gasteiger partial charge on any atom is -0.495 e. The highest BCUT2D eigenvalue weighted by Gasteiger charge is 2.34. The molecule has 13 heteroatoms. The van der Waals surface area contributed by atoms with Crippen LogP contribution in [0.3, 0.4) is 0 Å². The molecule has 2 atom stereocenters. The summed E-state index contributed by atoms with van der Waals surface area (Å²) in [6, 6.07) is 14.9. The number of nitrogens with zero attached hydrogens (tertiary/aromatic N) is 2. The maximum atomic E-state index is 14.3. The molecule has 0 saturated carbocycles. The zero-order valence-electron chi connectivity index (χ0n) is 25.5. The standard InChI is InChI=1S/C31H37BrClN3O7S/c1-7-20(2)34-31(38)21(3)35(18-22-9-8-10-23(32)15-22)30(37)19-36(26-16-24(33)11-13-27(26)41-4)44(39,40)25-12-14-28(42-5)29(17-25)43-6/h8-17,20-21H,7,18-19H2,1-6H3,(H,34,38)/t20-,21-/m0/s1. The van der Waals surface area contributed by atoms with Crippen molar-refractivity contribution in [3.05, 3.63) is 75.7 Å². The zero-order valence-corrected chi connectivity index (χ0v) is 28.6. The van der Waals surface area contributed by atoms with E-state index in [2.05, 4.69) is 21.2 Å². The molecule has 0 heterocycles. The van der Waals surface area contributed by atoms with E-state index < -0.39 is 28.5 Å². The van der Waals surface area contributed by atoms with Crippen molar-refractivity contribution < 1.29 is 32.2 Å². The summed E-state index contributed by atoms with van der Waals surface area (Å²) in [7, 11) is -0.222. The number of halogens is 2. The molecule has 0 bridgehead atoms. The topological polar surface area (TPSA) is 114 Å². The van der Waals surface area contributed by atoms with Crippen LogP contribution in [0.25, 0.3) is 0 Å². The van der Waals surface area contributed by atoms with E-state index in [-0.39, 0.29) is 45.6 Å². The Morgan fingerprint density at radius 2 is 1.59 bits per heavy atom. The quantitative estimate of drug-likeness (QED) is 0.230. The Labute approximate surface area is 272 Å². The number of amides is 2. The Bertz CT molecular complexity index is 1590. The highest BCUT2D eigenvalue weighted by molar-refractivity contribution is 9.10. The van der Waals surface area contributed by atoms with Gasteiger partial charge in [-0.15, -0.1) is 0 Å². The van der Waals surface area contributed by atoms with E-state index in [9.17, 15) is 18.0 Å². The summed E-state index contributed by atoms with van der Waals surface area (Å²) in [5, 5.41) is 3.14. The van der Waals surface area contributed by atoms with Crippen molar-refractivity contribution in [3.63, 3.8) is 0 Å². The van der Waals surface area contributed by atoms with Gasteiger partial charge < -0.3 is 24.4 Å². The van der Waals surface area contributed by atoms with Crippen LogP contribution in [-0.2, 0) is 26.2 Å². The van der Waals surface area contributed by atoms with Gasteiger partial charge in [-0.25, -0.2) is 8.42 Å². The molecule has 3 aromatic carbocycles. The van der Waals surface area contributed by atoms with Crippen molar-refractivity contribution in [2.75, 3.05) is 32.2 Å². The average Bonchev–Trinajstić information content (AvgIpc) is 3.01. The van der Waals surface area contributed by atoms with Crippen molar-refractivity contribution in [2.45, 2.75) is 50.7 Å². The van der Waals surface area contributed by atoms with Gasteiger partial charge in [-0.05, 0) is 68.3 Å². The summed E-state index contributed by atoms with van der Waals surface area (Å²) in [5.41, 5.74) is 0.785. The van der Waals surface area contributed by atoms with Crippen LogP contribution in [0.2, 0.25) is 5.02 Å². The van der Waals surface area contributed by atoms with Gasteiger partial charge in [0, 0.05) is 28.1 Å². The number of hydrogen-bond acceptors (Lipinski definition) is 7. The molecule has 0 aliphatic carbocycles. The fourth-order valence-electron chi connectivity index (χ4n) is 4.36. The van der Waals surface area contributed by atoms with Crippen molar-refractivity contribution in [1.82, 2.24) is 10.2 Å². The number of sulfonamides is 1. The zero-order chi connectivity index (χ0) is 32.6. The molecule has 0 aliphatic heterocycles. The van der Waals surface area contributed by atoms with E-state index in [1.807, 2.05) is 38.1 Å². The summed E-state index contributed by atoms with van der Waals surface area (Å²) < 4.78 is 46.4. The third kappa shape index (κ3) is 8.36. The summed E-state index contributed by atoms with van der Waals surface area (Å²) in [6.07, 6.45) is 0.698. The Kier molecular flexibility index (Phi) is 12.3. The van der Waals surface area contributed by atoms with Crippen LogP contribution in [0.15, 0.2) is 70.0 Å². The number of carbonyl (C=O) groups is 2. The smallest absolute Gasteiger partial charge is 0.265 e. The predicted molar refractivity (Wildman–Crippen MR) is 174 cm³/mol. The normalized spacial score (nSPS) is 12.5. The number of anilines is 1. The fourth-order valence-corrected chi connectivity index (χ4v) is 6.40. The van der Waals surface area contributed by atoms with E-state index in [4.69, 9.17) is 25.8 Å². The molecule has 0 spiro atoms. The lowest BCUT2D eigenvalue weighted by molar-refractivity contribution is -0.139. The predicted octanol–water partition coefficient (Wildman–Crippen LogP) is 5.66. The number of carbonyl (C=O) groups excluding carboxylic acids is 2.